The number of rotatable bonds is 3. The summed E-state index contributed by atoms with van der Waals surface area (Å²) in [5.74, 6) is 0. The van der Waals surface area contributed by atoms with Crippen molar-refractivity contribution < 1.29 is 39.4 Å². The summed E-state index contributed by atoms with van der Waals surface area (Å²) in [6.07, 6.45) is -7.69. The van der Waals surface area contributed by atoms with Crippen LogP contribution in [0.5, 0.6) is 0 Å². The van der Waals surface area contributed by atoms with Gasteiger partial charge in [0.1, 0.15) is 30.5 Å². The van der Waals surface area contributed by atoms with E-state index in [1.165, 1.54) is 6.08 Å². The van der Waals surface area contributed by atoms with Crippen molar-refractivity contribution in [3.8, 4) is 0 Å². The third-order valence-corrected chi connectivity index (χ3v) is 4.47. The van der Waals surface area contributed by atoms with Crippen molar-refractivity contribution >= 4 is 0 Å². The van der Waals surface area contributed by atoms with Gasteiger partial charge in [-0.25, -0.2) is 4.39 Å². The van der Waals surface area contributed by atoms with Crippen LogP contribution >= 0.6 is 0 Å². The molecule has 2 heterocycles. The van der Waals surface area contributed by atoms with Gasteiger partial charge in [-0.3, -0.25) is 0 Å². The van der Waals surface area contributed by atoms with Crippen LogP contribution in [0.1, 0.15) is 0 Å². The van der Waals surface area contributed by atoms with Gasteiger partial charge in [-0.1, -0.05) is 6.08 Å². The van der Waals surface area contributed by atoms with Crippen molar-refractivity contribution in [2.24, 2.45) is 0 Å². The fraction of sp³-hybridized carbons (Fsp3) is 0.846. The third-order valence-electron chi connectivity index (χ3n) is 4.47. The standard InChI is InChI=1S/C13H20FNO7/c14-7-11(19)8(6-3-21-13(7)22-6)15-5-1-4(2-16)9(17)12(20)10(5)18/h1,5-13,15-20H,2-3H2/t5-,6+,7+,8+,9+,10-,11+,12-,13+/m0/s1. The Bertz CT molecular complexity index is 450. The normalized spacial score (nSPS) is 51.7. The maximum atomic E-state index is 13.9. The van der Waals surface area contributed by atoms with Gasteiger partial charge in [0, 0.05) is 0 Å². The highest BCUT2D eigenvalue weighted by molar-refractivity contribution is 5.22. The van der Waals surface area contributed by atoms with Crippen LogP contribution in [0.25, 0.3) is 0 Å². The van der Waals surface area contributed by atoms with E-state index in [1.54, 1.807) is 0 Å². The number of halogens is 1. The van der Waals surface area contributed by atoms with Crippen molar-refractivity contribution in [1.29, 1.82) is 0 Å². The van der Waals surface area contributed by atoms with E-state index < -0.39 is 61.7 Å². The van der Waals surface area contributed by atoms with Gasteiger partial charge in [-0.05, 0) is 5.57 Å². The third kappa shape index (κ3) is 2.57. The molecular formula is C13H20FNO7. The van der Waals surface area contributed by atoms with Gasteiger partial charge in [0.25, 0.3) is 0 Å². The Morgan fingerprint density at radius 3 is 2.59 bits per heavy atom. The van der Waals surface area contributed by atoms with E-state index in [-0.39, 0.29) is 12.2 Å². The summed E-state index contributed by atoms with van der Waals surface area (Å²) in [5.41, 5.74) is 0.138. The van der Waals surface area contributed by atoms with Crippen molar-refractivity contribution in [2.75, 3.05) is 13.2 Å². The topological polar surface area (TPSA) is 132 Å². The van der Waals surface area contributed by atoms with Crippen LogP contribution < -0.4 is 5.32 Å². The van der Waals surface area contributed by atoms with E-state index in [0.29, 0.717) is 0 Å². The van der Waals surface area contributed by atoms with Crippen molar-refractivity contribution in [1.82, 2.24) is 5.32 Å². The number of hydrogen-bond donors (Lipinski definition) is 6. The zero-order valence-corrected chi connectivity index (χ0v) is 11.6. The lowest BCUT2D eigenvalue weighted by Gasteiger charge is -2.40. The van der Waals surface area contributed by atoms with Crippen molar-refractivity contribution in [3.63, 3.8) is 0 Å². The van der Waals surface area contributed by atoms with Crippen LogP contribution in [0.2, 0.25) is 0 Å². The molecule has 0 saturated carbocycles. The number of hydrogen-bond acceptors (Lipinski definition) is 8. The maximum Gasteiger partial charge on any atom is 0.192 e. The Kier molecular flexibility index (Phi) is 4.49. The Labute approximate surface area is 125 Å². The first-order valence-electron chi connectivity index (χ1n) is 7.15. The molecule has 0 unspecified atom stereocenters. The molecule has 8 nitrogen and oxygen atoms in total. The zero-order chi connectivity index (χ0) is 16.0. The summed E-state index contributed by atoms with van der Waals surface area (Å²) in [6.45, 7) is -0.391. The highest BCUT2D eigenvalue weighted by Gasteiger charge is 2.51. The summed E-state index contributed by atoms with van der Waals surface area (Å²) >= 11 is 0. The van der Waals surface area contributed by atoms with Crippen LogP contribution in [-0.4, -0.2) is 93.8 Å². The summed E-state index contributed by atoms with van der Waals surface area (Å²) in [5, 5.41) is 51.6. The molecule has 6 N–H and O–H groups in total. The zero-order valence-electron chi connectivity index (χ0n) is 11.6. The van der Waals surface area contributed by atoms with Gasteiger partial charge in [0.05, 0.1) is 25.3 Å². The van der Waals surface area contributed by atoms with Crippen LogP contribution in [-0.2, 0) is 9.47 Å². The molecule has 126 valence electrons. The number of nitrogens with one attached hydrogen (secondary N) is 1. The lowest BCUT2D eigenvalue weighted by Crippen LogP contribution is -2.64. The van der Waals surface area contributed by atoms with Crippen LogP contribution in [0.3, 0.4) is 0 Å². The minimum atomic E-state index is -1.73. The quantitative estimate of drug-likeness (QED) is 0.299. The number of aliphatic hydroxyl groups excluding tert-OH is 5. The summed E-state index contributed by atoms with van der Waals surface area (Å²) < 4.78 is 24.3. The molecular weight excluding hydrogens is 301 g/mol. The Morgan fingerprint density at radius 2 is 1.91 bits per heavy atom. The van der Waals surface area contributed by atoms with E-state index in [1.807, 2.05) is 0 Å². The molecule has 3 rings (SSSR count). The SMILES string of the molecule is OCC1=C[C@H](N[C@H]2[C@H](O)[C@@H](F)[C@@H]3OC[C@H]2O3)[C@H](O)[C@@H](O)[C@@H]1O. The van der Waals surface area contributed by atoms with E-state index in [9.17, 15) is 29.9 Å². The molecule has 9 atom stereocenters. The average molecular weight is 321 g/mol. The second-order valence-corrected chi connectivity index (χ2v) is 5.86. The molecule has 0 amide bonds. The Hall–Kier alpha value is -0.650. The van der Waals surface area contributed by atoms with Gasteiger partial charge in [0.15, 0.2) is 12.5 Å². The molecule has 0 aromatic carbocycles. The van der Waals surface area contributed by atoms with E-state index in [4.69, 9.17) is 9.47 Å². The van der Waals surface area contributed by atoms with Crippen LogP contribution in [0, 0.1) is 0 Å². The fourth-order valence-corrected chi connectivity index (χ4v) is 3.14. The largest absolute Gasteiger partial charge is 0.392 e. The molecule has 9 heteroatoms. The highest BCUT2D eigenvalue weighted by Crippen LogP contribution is 2.31. The Morgan fingerprint density at radius 1 is 1.18 bits per heavy atom. The molecule has 0 radical (unpaired) electrons. The summed E-state index contributed by atoms with van der Waals surface area (Å²) in [7, 11) is 0. The van der Waals surface area contributed by atoms with Crippen LogP contribution in [0.4, 0.5) is 4.39 Å². The van der Waals surface area contributed by atoms with Crippen LogP contribution in [0.15, 0.2) is 11.6 Å². The molecule has 22 heavy (non-hydrogen) atoms. The molecule has 0 aromatic heterocycles. The van der Waals surface area contributed by atoms with Gasteiger partial charge in [-0.15, -0.1) is 0 Å². The Balaban J connectivity index is 1.78. The maximum absolute atomic E-state index is 13.9. The smallest absolute Gasteiger partial charge is 0.192 e. The first kappa shape index (κ1) is 16.2. The summed E-state index contributed by atoms with van der Waals surface area (Å²) in [4.78, 5) is 0. The molecule has 2 aliphatic heterocycles. The molecule has 0 aromatic rings. The van der Waals surface area contributed by atoms with Crippen molar-refractivity contribution in [2.45, 2.75) is 55.1 Å². The van der Waals surface area contributed by atoms with E-state index >= 15 is 0 Å². The lowest BCUT2D eigenvalue weighted by atomic mass is 9.87. The monoisotopic (exact) mass is 321 g/mol. The molecule has 2 bridgehead atoms. The number of alkyl halides is 1. The highest BCUT2D eigenvalue weighted by atomic mass is 19.1. The van der Waals surface area contributed by atoms with Gasteiger partial charge in [-0.2, -0.15) is 0 Å². The van der Waals surface area contributed by atoms with E-state index in [0.717, 1.165) is 0 Å². The predicted molar refractivity (Wildman–Crippen MR) is 69.4 cm³/mol. The molecule has 2 fully saturated rings. The second-order valence-electron chi connectivity index (χ2n) is 5.86. The molecule has 3 aliphatic rings. The minimum absolute atomic E-state index is 0.102. The molecule has 2 saturated heterocycles. The first-order chi connectivity index (χ1) is 10.4. The molecule has 0 spiro atoms. The van der Waals surface area contributed by atoms with Gasteiger partial charge >= 0.3 is 0 Å². The van der Waals surface area contributed by atoms with Gasteiger partial charge < -0.3 is 40.3 Å². The van der Waals surface area contributed by atoms with E-state index in [2.05, 4.69) is 5.32 Å². The number of fused-ring (bicyclic) bond motifs is 2. The fourth-order valence-electron chi connectivity index (χ4n) is 3.14. The minimum Gasteiger partial charge on any atom is -0.392 e. The first-order valence-corrected chi connectivity index (χ1v) is 7.15. The van der Waals surface area contributed by atoms with Gasteiger partial charge in [0.2, 0.25) is 0 Å². The average Bonchev–Trinajstić information content (AvgIpc) is 2.96. The number of aliphatic hydroxyl groups is 5. The second kappa shape index (κ2) is 6.10. The predicted octanol–water partition coefficient (Wildman–Crippen LogP) is -3.22. The van der Waals surface area contributed by atoms with Crippen molar-refractivity contribution in [3.05, 3.63) is 11.6 Å². The number of ether oxygens (including phenoxy) is 2. The summed E-state index contributed by atoms with van der Waals surface area (Å²) in [6, 6.07) is -1.74. The molecule has 1 aliphatic carbocycles. The lowest BCUT2D eigenvalue weighted by molar-refractivity contribution is -0.180.